The highest BCUT2D eigenvalue weighted by atomic mass is 16.2. The van der Waals surface area contributed by atoms with Gasteiger partial charge in [0.25, 0.3) is 5.91 Å². The summed E-state index contributed by atoms with van der Waals surface area (Å²) in [6, 6.07) is 5.70. The van der Waals surface area contributed by atoms with Gasteiger partial charge in [0.15, 0.2) is 5.65 Å². The minimum Gasteiger partial charge on any atom is -0.348 e. The lowest BCUT2D eigenvalue weighted by molar-refractivity contribution is 0.0952. The first-order valence-corrected chi connectivity index (χ1v) is 8.18. The maximum absolute atomic E-state index is 12.5. The molecule has 1 N–H and O–H groups in total. The molecule has 0 aliphatic carbocycles. The van der Waals surface area contributed by atoms with Gasteiger partial charge in [-0.25, -0.2) is 14.3 Å². The molecule has 8 nitrogen and oxygen atoms in total. The molecule has 1 aromatic carbocycles. The maximum Gasteiger partial charge on any atom is 0.328 e. The summed E-state index contributed by atoms with van der Waals surface area (Å²) >= 11 is 0. The lowest BCUT2D eigenvalue weighted by atomic mass is 10.2. The second kappa shape index (κ2) is 5.83. The molecule has 1 amide bonds. The Morgan fingerprint density at radius 1 is 1.15 bits per heavy atom. The Labute approximate surface area is 148 Å². The van der Waals surface area contributed by atoms with E-state index in [0.717, 1.165) is 22.2 Å². The van der Waals surface area contributed by atoms with Crippen molar-refractivity contribution in [3.8, 4) is 0 Å². The molecule has 3 aromatic heterocycles. The summed E-state index contributed by atoms with van der Waals surface area (Å²) in [5, 5.41) is 7.06. The minimum atomic E-state index is -0.238. The van der Waals surface area contributed by atoms with E-state index in [4.69, 9.17) is 0 Å². The quantitative estimate of drug-likeness (QED) is 0.601. The first-order valence-electron chi connectivity index (χ1n) is 8.18. The first-order chi connectivity index (χ1) is 12.5. The molecule has 0 atom stereocenters. The van der Waals surface area contributed by atoms with E-state index in [1.807, 2.05) is 31.3 Å². The molecule has 0 saturated carbocycles. The number of fused-ring (bicyclic) bond motifs is 2. The Morgan fingerprint density at radius 3 is 2.73 bits per heavy atom. The number of carbonyl (C=O) groups is 1. The van der Waals surface area contributed by atoms with Gasteiger partial charge in [0.1, 0.15) is 5.56 Å². The zero-order valence-electron chi connectivity index (χ0n) is 14.7. The number of nitrogens with zero attached hydrogens (tertiary/aromatic N) is 5. The summed E-state index contributed by atoms with van der Waals surface area (Å²) < 4.78 is 4.79. The number of aromatic nitrogens is 5. The van der Waals surface area contributed by atoms with Crippen molar-refractivity contribution < 1.29 is 4.79 Å². The molecule has 0 unspecified atom stereocenters. The van der Waals surface area contributed by atoms with Crippen LogP contribution < -0.4 is 11.0 Å². The predicted molar refractivity (Wildman–Crippen MR) is 97.1 cm³/mol. The molecule has 0 aliphatic rings. The van der Waals surface area contributed by atoms with Crippen LogP contribution in [0.3, 0.4) is 0 Å². The van der Waals surface area contributed by atoms with Crippen molar-refractivity contribution >= 4 is 22.6 Å². The van der Waals surface area contributed by atoms with Crippen LogP contribution >= 0.6 is 0 Å². The molecule has 0 bridgehead atoms. The van der Waals surface area contributed by atoms with Crippen LogP contribution in [0.5, 0.6) is 0 Å². The largest absolute Gasteiger partial charge is 0.348 e. The van der Waals surface area contributed by atoms with Crippen molar-refractivity contribution in [3.05, 3.63) is 64.0 Å². The highest BCUT2D eigenvalue weighted by molar-refractivity contribution is 5.99. The third kappa shape index (κ3) is 2.46. The smallest absolute Gasteiger partial charge is 0.328 e. The van der Waals surface area contributed by atoms with Crippen molar-refractivity contribution in [2.75, 3.05) is 0 Å². The number of hydrogen-bond donors (Lipinski definition) is 1. The van der Waals surface area contributed by atoms with Crippen LogP contribution in [0.1, 0.15) is 21.5 Å². The van der Waals surface area contributed by atoms with E-state index in [-0.39, 0.29) is 11.6 Å². The van der Waals surface area contributed by atoms with Crippen LogP contribution in [-0.2, 0) is 20.6 Å². The molecule has 26 heavy (non-hydrogen) atoms. The zero-order valence-corrected chi connectivity index (χ0v) is 14.7. The summed E-state index contributed by atoms with van der Waals surface area (Å²) in [6.45, 7) is 2.27. The van der Waals surface area contributed by atoms with Crippen molar-refractivity contribution in [1.82, 2.24) is 29.0 Å². The number of aryl methyl sites for hydroxylation is 3. The van der Waals surface area contributed by atoms with Gasteiger partial charge in [-0.2, -0.15) is 5.10 Å². The van der Waals surface area contributed by atoms with Crippen LogP contribution in [0, 0.1) is 6.92 Å². The van der Waals surface area contributed by atoms with Crippen LogP contribution in [0.15, 0.2) is 41.6 Å². The van der Waals surface area contributed by atoms with Gasteiger partial charge in [-0.3, -0.25) is 13.9 Å². The molecule has 0 spiro atoms. The highest BCUT2D eigenvalue weighted by Crippen LogP contribution is 2.14. The molecule has 8 heteroatoms. The van der Waals surface area contributed by atoms with Crippen molar-refractivity contribution in [2.24, 2.45) is 14.1 Å². The number of carbonyl (C=O) groups excluding carboxylic acids is 1. The molecule has 0 aliphatic heterocycles. The van der Waals surface area contributed by atoms with Crippen molar-refractivity contribution in [1.29, 1.82) is 0 Å². The van der Waals surface area contributed by atoms with Gasteiger partial charge >= 0.3 is 5.69 Å². The number of hydrogen-bond acceptors (Lipinski definition) is 4. The van der Waals surface area contributed by atoms with Gasteiger partial charge in [-0.1, -0.05) is 6.07 Å². The summed E-state index contributed by atoms with van der Waals surface area (Å²) in [5.41, 5.74) is 4.44. The Bertz CT molecular complexity index is 1210. The second-order valence-electron chi connectivity index (χ2n) is 6.36. The fourth-order valence-corrected chi connectivity index (χ4v) is 3.07. The van der Waals surface area contributed by atoms with Crippen molar-refractivity contribution in [3.63, 3.8) is 0 Å². The molecular weight excluding hydrogens is 332 g/mol. The molecule has 3 heterocycles. The summed E-state index contributed by atoms with van der Waals surface area (Å²) in [7, 11) is 3.48. The summed E-state index contributed by atoms with van der Waals surface area (Å²) in [4.78, 5) is 28.8. The maximum atomic E-state index is 12.5. The van der Waals surface area contributed by atoms with E-state index < -0.39 is 0 Å². The lowest BCUT2D eigenvalue weighted by Crippen LogP contribution is -2.22. The number of nitrogens with one attached hydrogen (secondary N) is 1. The van der Waals surface area contributed by atoms with E-state index in [0.29, 0.717) is 17.8 Å². The molecule has 0 fully saturated rings. The molecular formula is C18H18N6O2. The summed E-state index contributed by atoms with van der Waals surface area (Å²) in [6.07, 6.45) is 5.04. The zero-order chi connectivity index (χ0) is 18.4. The Hall–Kier alpha value is -3.42. The van der Waals surface area contributed by atoms with E-state index >= 15 is 0 Å². The van der Waals surface area contributed by atoms with Crippen LogP contribution in [-0.4, -0.2) is 29.6 Å². The average molecular weight is 350 g/mol. The van der Waals surface area contributed by atoms with E-state index in [1.54, 1.807) is 33.9 Å². The second-order valence-corrected chi connectivity index (χ2v) is 6.36. The number of benzene rings is 1. The molecule has 132 valence electrons. The summed E-state index contributed by atoms with van der Waals surface area (Å²) in [5.74, 6) is -0.238. The predicted octanol–water partition coefficient (Wildman–Crippen LogP) is 1.16. The minimum absolute atomic E-state index is 0.0751. The number of rotatable bonds is 3. The third-order valence-corrected chi connectivity index (χ3v) is 4.52. The number of amides is 1. The Kier molecular flexibility index (Phi) is 3.61. The van der Waals surface area contributed by atoms with Gasteiger partial charge in [0.2, 0.25) is 0 Å². The third-order valence-electron chi connectivity index (χ3n) is 4.52. The fourth-order valence-electron chi connectivity index (χ4n) is 3.07. The molecule has 4 aromatic rings. The SMILES string of the molecule is Cc1cnc2c(C(=O)NCc3ccc4c(c3)n(C)c(=O)n4C)cnn2c1. The van der Waals surface area contributed by atoms with Gasteiger partial charge in [-0.15, -0.1) is 0 Å². The molecule has 0 radical (unpaired) electrons. The van der Waals surface area contributed by atoms with Crippen molar-refractivity contribution in [2.45, 2.75) is 13.5 Å². The van der Waals surface area contributed by atoms with Gasteiger partial charge in [0, 0.05) is 33.0 Å². The fraction of sp³-hybridized carbons (Fsp3) is 0.222. The Balaban J connectivity index is 1.58. The normalized spacial score (nSPS) is 11.3. The standard InChI is InChI=1S/C18H18N6O2/c1-11-7-19-16-13(9-21-24(16)10-11)17(25)20-8-12-4-5-14-15(6-12)23(3)18(26)22(14)2/h4-7,9-10H,8H2,1-3H3,(H,20,25). The Morgan fingerprint density at radius 2 is 1.92 bits per heavy atom. The molecule has 0 saturated heterocycles. The highest BCUT2D eigenvalue weighted by Gasteiger charge is 2.14. The van der Waals surface area contributed by atoms with Crippen LogP contribution in [0.4, 0.5) is 0 Å². The van der Waals surface area contributed by atoms with Crippen LogP contribution in [0.2, 0.25) is 0 Å². The van der Waals surface area contributed by atoms with E-state index in [2.05, 4.69) is 15.4 Å². The first kappa shape index (κ1) is 16.1. The van der Waals surface area contributed by atoms with Crippen LogP contribution in [0.25, 0.3) is 16.7 Å². The van der Waals surface area contributed by atoms with E-state index in [9.17, 15) is 9.59 Å². The monoisotopic (exact) mass is 350 g/mol. The van der Waals surface area contributed by atoms with E-state index in [1.165, 1.54) is 6.20 Å². The van der Waals surface area contributed by atoms with Gasteiger partial charge in [-0.05, 0) is 30.2 Å². The van der Waals surface area contributed by atoms with Gasteiger partial charge in [0.05, 0.1) is 17.2 Å². The number of imidazole rings is 1. The lowest BCUT2D eigenvalue weighted by Gasteiger charge is -2.05. The average Bonchev–Trinajstić information content (AvgIpc) is 3.15. The van der Waals surface area contributed by atoms with Gasteiger partial charge < -0.3 is 5.32 Å². The topological polar surface area (TPSA) is 86.2 Å². The molecule has 4 rings (SSSR count).